The summed E-state index contributed by atoms with van der Waals surface area (Å²) >= 11 is 0. The van der Waals surface area contributed by atoms with Crippen LogP contribution in [-0.4, -0.2) is 26.2 Å². The van der Waals surface area contributed by atoms with Crippen molar-refractivity contribution in [3.8, 4) is 0 Å². The van der Waals surface area contributed by atoms with Crippen LogP contribution in [0.15, 0.2) is 24.3 Å². The van der Waals surface area contributed by atoms with Gasteiger partial charge in [-0.15, -0.1) is 0 Å². The molecule has 1 heterocycles. The summed E-state index contributed by atoms with van der Waals surface area (Å²) in [6.07, 6.45) is 5.28. The van der Waals surface area contributed by atoms with Crippen molar-refractivity contribution < 1.29 is 9.53 Å². The molecule has 0 radical (unpaired) electrons. The van der Waals surface area contributed by atoms with E-state index in [-0.39, 0.29) is 0 Å². The maximum atomic E-state index is 8.95. The van der Waals surface area contributed by atoms with E-state index in [1.807, 2.05) is 0 Å². The van der Waals surface area contributed by atoms with E-state index in [1.165, 1.54) is 50.5 Å². The van der Waals surface area contributed by atoms with E-state index in [0.717, 1.165) is 0 Å². The summed E-state index contributed by atoms with van der Waals surface area (Å²) in [5.74, 6) is 0. The molecule has 0 unspecified atom stereocenters. The summed E-state index contributed by atoms with van der Waals surface area (Å²) in [6, 6.07) is 9.64. The van der Waals surface area contributed by atoms with Gasteiger partial charge in [0.15, 0.2) is 0 Å². The van der Waals surface area contributed by atoms with Crippen molar-refractivity contribution in [3.05, 3.63) is 35.4 Å². The zero-order valence-corrected chi connectivity index (χ0v) is 11.3. The van der Waals surface area contributed by atoms with Crippen LogP contribution >= 0.6 is 0 Å². The largest absolute Gasteiger partial charge is 0.471 e. The molecule has 1 N–H and O–H groups in total. The Morgan fingerprint density at radius 2 is 2.00 bits per heavy atom. The Bertz CT molecular complexity index is 329. The van der Waals surface area contributed by atoms with Gasteiger partial charge in [0.2, 0.25) is 0 Å². The van der Waals surface area contributed by atoms with Crippen molar-refractivity contribution in [2.75, 3.05) is 13.7 Å². The van der Waals surface area contributed by atoms with E-state index in [1.54, 1.807) is 0 Å². The van der Waals surface area contributed by atoms with Crippen LogP contribution in [0.3, 0.4) is 0 Å². The van der Waals surface area contributed by atoms with Crippen LogP contribution in [0.2, 0.25) is 0 Å². The second-order valence-electron chi connectivity index (χ2n) is 4.67. The van der Waals surface area contributed by atoms with Crippen molar-refractivity contribution in [1.29, 1.82) is 0 Å². The molecule has 1 aliphatic rings. The molecular weight excluding hydrogens is 226 g/mol. The average Bonchev–Trinajstić information content (AvgIpc) is 2.43. The number of benzene rings is 1. The molecule has 1 aliphatic heterocycles. The lowest BCUT2D eigenvalue weighted by atomic mass is 9.97. The molecule has 0 bridgehead atoms. The molecule has 3 heteroatoms. The van der Waals surface area contributed by atoms with Crippen molar-refractivity contribution in [1.82, 2.24) is 5.32 Å². The quantitative estimate of drug-likeness (QED) is 0.836. The number of rotatable bonds is 3. The second-order valence-corrected chi connectivity index (χ2v) is 4.67. The number of aryl methyl sites for hydroxylation is 1. The monoisotopic (exact) mass is 249 g/mol. The summed E-state index contributed by atoms with van der Waals surface area (Å²) in [5, 5.41) is 3.58. The minimum Gasteiger partial charge on any atom is -0.471 e. The van der Waals surface area contributed by atoms with Gasteiger partial charge in [-0.25, -0.2) is 0 Å². The molecule has 18 heavy (non-hydrogen) atoms. The lowest BCUT2D eigenvalue weighted by Crippen LogP contribution is -2.35. The third-order valence-electron chi connectivity index (χ3n) is 3.11. The smallest absolute Gasteiger partial charge is 0.292 e. The summed E-state index contributed by atoms with van der Waals surface area (Å²) in [7, 11) is 1.31. The first-order chi connectivity index (χ1) is 8.76. The number of carbonyl (C=O) groups excluding carboxylic acids is 1. The van der Waals surface area contributed by atoms with Gasteiger partial charge in [-0.3, -0.25) is 4.79 Å². The van der Waals surface area contributed by atoms with Crippen LogP contribution in [0, 0.1) is 6.92 Å². The molecule has 3 nitrogen and oxygen atoms in total. The molecule has 1 fully saturated rings. The molecule has 0 aliphatic carbocycles. The number of hydrogen-bond acceptors (Lipinski definition) is 3. The number of piperidine rings is 1. The second kappa shape index (κ2) is 8.70. The molecule has 1 aromatic rings. The van der Waals surface area contributed by atoms with Crippen LogP contribution in [0.25, 0.3) is 0 Å². The number of nitrogens with one attached hydrogen (secondary N) is 1. The normalized spacial score (nSPS) is 18.4. The predicted octanol–water partition coefficient (Wildman–Crippen LogP) is 2.47. The van der Waals surface area contributed by atoms with Gasteiger partial charge in [0.1, 0.15) is 0 Å². The highest BCUT2D eigenvalue weighted by Crippen LogP contribution is 2.13. The topological polar surface area (TPSA) is 38.3 Å². The van der Waals surface area contributed by atoms with Crippen LogP contribution < -0.4 is 5.32 Å². The van der Waals surface area contributed by atoms with Crippen LogP contribution in [0.5, 0.6) is 0 Å². The molecular formula is C15H23NO2. The number of carbonyl (C=O) groups is 1. The fraction of sp³-hybridized carbons (Fsp3) is 0.533. The van der Waals surface area contributed by atoms with Gasteiger partial charge in [0.05, 0.1) is 7.11 Å². The van der Waals surface area contributed by atoms with Crippen LogP contribution in [0.1, 0.15) is 30.4 Å². The maximum absolute atomic E-state index is 8.95. The number of ether oxygens (including phenoxy) is 1. The Morgan fingerprint density at radius 3 is 2.50 bits per heavy atom. The van der Waals surface area contributed by atoms with Gasteiger partial charge in [-0.1, -0.05) is 36.2 Å². The zero-order chi connectivity index (χ0) is 13.2. The van der Waals surface area contributed by atoms with Gasteiger partial charge >= 0.3 is 0 Å². The summed E-state index contributed by atoms with van der Waals surface area (Å²) < 4.78 is 3.86. The van der Waals surface area contributed by atoms with Gasteiger partial charge in [0.25, 0.3) is 6.47 Å². The highest BCUT2D eigenvalue weighted by molar-refractivity contribution is 5.36. The van der Waals surface area contributed by atoms with E-state index in [9.17, 15) is 0 Å². The Labute approximate surface area is 110 Å². The molecule has 100 valence electrons. The third kappa shape index (κ3) is 5.82. The first kappa shape index (κ1) is 14.7. The molecule has 2 rings (SSSR count). The first-order valence-corrected chi connectivity index (χ1v) is 6.51. The molecule has 1 saturated heterocycles. The van der Waals surface area contributed by atoms with Gasteiger partial charge in [-0.05, 0) is 38.3 Å². The molecule has 1 atom stereocenters. The lowest BCUT2D eigenvalue weighted by Gasteiger charge is -2.23. The fourth-order valence-corrected chi connectivity index (χ4v) is 2.11. The van der Waals surface area contributed by atoms with E-state index in [0.29, 0.717) is 12.5 Å². The van der Waals surface area contributed by atoms with E-state index in [2.05, 4.69) is 41.2 Å². The molecule has 1 aromatic carbocycles. The van der Waals surface area contributed by atoms with E-state index >= 15 is 0 Å². The standard InChI is InChI=1S/C13H19N.C2H4O2/c1-11-5-7-12(8-6-11)10-13-4-2-3-9-14-13;1-4-2-3/h5-8,13-14H,2-4,9-10H2,1H3;2H,1H3/t13-;/m0./s1. The van der Waals surface area contributed by atoms with Gasteiger partial charge < -0.3 is 10.1 Å². The van der Waals surface area contributed by atoms with E-state index < -0.39 is 0 Å². The molecule has 0 aromatic heterocycles. The van der Waals surface area contributed by atoms with Crippen molar-refractivity contribution >= 4 is 6.47 Å². The predicted molar refractivity (Wildman–Crippen MR) is 73.6 cm³/mol. The third-order valence-corrected chi connectivity index (χ3v) is 3.11. The Balaban J connectivity index is 0.000000357. The first-order valence-electron chi connectivity index (χ1n) is 6.51. The Kier molecular flexibility index (Phi) is 7.11. The molecule has 0 amide bonds. The van der Waals surface area contributed by atoms with Crippen molar-refractivity contribution in [2.45, 2.75) is 38.6 Å². The number of hydrogen-bond donors (Lipinski definition) is 1. The Morgan fingerprint density at radius 1 is 1.33 bits per heavy atom. The Hall–Kier alpha value is -1.35. The minimum absolute atomic E-state index is 0.375. The lowest BCUT2D eigenvalue weighted by molar-refractivity contribution is -0.126. The van der Waals surface area contributed by atoms with Gasteiger partial charge in [0, 0.05) is 6.04 Å². The molecule has 0 saturated carbocycles. The minimum atomic E-state index is 0.375. The highest BCUT2D eigenvalue weighted by atomic mass is 16.5. The van der Waals surface area contributed by atoms with E-state index in [4.69, 9.17) is 4.79 Å². The number of methoxy groups -OCH3 is 1. The maximum Gasteiger partial charge on any atom is 0.292 e. The average molecular weight is 249 g/mol. The zero-order valence-electron chi connectivity index (χ0n) is 11.3. The summed E-state index contributed by atoms with van der Waals surface area (Å²) in [5.41, 5.74) is 2.82. The SMILES string of the molecule is COC=O.Cc1ccc(C[C@@H]2CCCCN2)cc1. The van der Waals surface area contributed by atoms with Crippen molar-refractivity contribution in [3.63, 3.8) is 0 Å². The summed E-state index contributed by atoms with van der Waals surface area (Å²) in [4.78, 5) is 8.95. The van der Waals surface area contributed by atoms with Crippen molar-refractivity contribution in [2.24, 2.45) is 0 Å². The van der Waals surface area contributed by atoms with Gasteiger partial charge in [-0.2, -0.15) is 0 Å². The highest BCUT2D eigenvalue weighted by Gasteiger charge is 2.12. The van der Waals surface area contributed by atoms with Crippen LogP contribution in [-0.2, 0) is 16.0 Å². The fourth-order valence-electron chi connectivity index (χ4n) is 2.11. The molecule has 0 spiro atoms. The van der Waals surface area contributed by atoms with Crippen LogP contribution in [0.4, 0.5) is 0 Å². The summed E-state index contributed by atoms with van der Waals surface area (Å²) in [6.45, 7) is 3.72.